The van der Waals surface area contributed by atoms with Crippen molar-refractivity contribution >= 4 is 27.8 Å². The Morgan fingerprint density at radius 3 is 2.60 bits per heavy atom. The predicted molar refractivity (Wildman–Crippen MR) is 101 cm³/mol. The fourth-order valence-corrected chi connectivity index (χ4v) is 3.71. The third-order valence-electron chi connectivity index (χ3n) is 4.47. The van der Waals surface area contributed by atoms with Crippen LogP contribution in [0.3, 0.4) is 0 Å². The van der Waals surface area contributed by atoms with E-state index in [1.165, 1.54) is 4.90 Å². The average Bonchev–Trinajstić information content (AvgIpc) is 2.63. The Bertz CT molecular complexity index is 704. The van der Waals surface area contributed by atoms with E-state index in [0.29, 0.717) is 6.54 Å². The lowest BCUT2D eigenvalue weighted by molar-refractivity contribution is -0.892. The number of nitrogens with one attached hydrogen (secondary N) is 2. The van der Waals surface area contributed by atoms with Gasteiger partial charge in [-0.1, -0.05) is 34.1 Å². The normalized spacial score (nSPS) is 16.5. The second-order valence-electron chi connectivity index (χ2n) is 6.27. The molecule has 0 radical (unpaired) electrons. The van der Waals surface area contributed by atoms with E-state index in [0.717, 1.165) is 42.2 Å². The van der Waals surface area contributed by atoms with Crippen LogP contribution < -0.4 is 15.1 Å². The van der Waals surface area contributed by atoms with Crippen LogP contribution in [0.25, 0.3) is 0 Å². The largest absolute Gasteiger partial charge is 0.345 e. The number of quaternary nitrogens is 1. The highest BCUT2D eigenvalue weighted by atomic mass is 79.9. The highest BCUT2D eigenvalue weighted by Crippen LogP contribution is 2.22. The molecular formula is C18H23BrN5O+. The van der Waals surface area contributed by atoms with Crippen LogP contribution in [-0.2, 0) is 4.79 Å². The Labute approximate surface area is 156 Å². The average molecular weight is 405 g/mol. The molecule has 1 saturated heterocycles. The van der Waals surface area contributed by atoms with Crippen molar-refractivity contribution in [1.82, 2.24) is 15.3 Å². The van der Waals surface area contributed by atoms with Gasteiger partial charge in [-0.25, -0.2) is 9.97 Å². The molecule has 2 heterocycles. The maximum Gasteiger partial charge on any atom is 0.275 e. The minimum Gasteiger partial charge on any atom is -0.345 e. The maximum atomic E-state index is 12.4. The van der Waals surface area contributed by atoms with Crippen LogP contribution >= 0.6 is 15.9 Å². The zero-order valence-corrected chi connectivity index (χ0v) is 15.9. The summed E-state index contributed by atoms with van der Waals surface area (Å²) in [7, 11) is 0. The Kier molecular flexibility index (Phi) is 5.99. The van der Waals surface area contributed by atoms with Gasteiger partial charge in [-0.05, 0) is 24.6 Å². The van der Waals surface area contributed by atoms with Crippen LogP contribution in [0.1, 0.15) is 18.5 Å². The highest BCUT2D eigenvalue weighted by Gasteiger charge is 2.24. The summed E-state index contributed by atoms with van der Waals surface area (Å²) in [6, 6.07) is 9.79. The number of benzene rings is 1. The number of amides is 1. The van der Waals surface area contributed by atoms with Crippen molar-refractivity contribution in [3.8, 4) is 0 Å². The van der Waals surface area contributed by atoms with Crippen LogP contribution in [0.15, 0.2) is 47.2 Å². The molecule has 132 valence electrons. The zero-order valence-electron chi connectivity index (χ0n) is 14.3. The topological polar surface area (TPSA) is 62.6 Å². The lowest BCUT2D eigenvalue weighted by Gasteiger charge is -2.32. The molecule has 0 spiro atoms. The van der Waals surface area contributed by atoms with Crippen molar-refractivity contribution < 1.29 is 9.69 Å². The molecule has 1 amide bonds. The second kappa shape index (κ2) is 8.40. The van der Waals surface area contributed by atoms with Gasteiger partial charge in [0.2, 0.25) is 5.95 Å². The van der Waals surface area contributed by atoms with Crippen LogP contribution in [0.5, 0.6) is 0 Å². The molecule has 1 aliphatic rings. The number of nitrogens with zero attached hydrogens (tertiary/aromatic N) is 3. The number of hydrogen-bond donors (Lipinski definition) is 2. The lowest BCUT2D eigenvalue weighted by atomic mass is 10.1. The summed E-state index contributed by atoms with van der Waals surface area (Å²) in [5, 5.41) is 3.10. The van der Waals surface area contributed by atoms with E-state index in [1.54, 1.807) is 12.4 Å². The van der Waals surface area contributed by atoms with Crippen LogP contribution in [0.2, 0.25) is 0 Å². The molecule has 0 saturated carbocycles. The molecule has 1 fully saturated rings. The first-order valence-electron chi connectivity index (χ1n) is 8.53. The molecule has 2 N–H and O–H groups in total. The van der Waals surface area contributed by atoms with Gasteiger partial charge in [0, 0.05) is 16.9 Å². The van der Waals surface area contributed by atoms with Gasteiger partial charge < -0.3 is 15.1 Å². The number of rotatable bonds is 5. The molecule has 6 nitrogen and oxygen atoms in total. The summed E-state index contributed by atoms with van der Waals surface area (Å²) in [4.78, 5) is 24.4. The van der Waals surface area contributed by atoms with E-state index < -0.39 is 0 Å². The van der Waals surface area contributed by atoms with Crippen molar-refractivity contribution in [1.29, 1.82) is 0 Å². The SMILES string of the molecule is C[C@H](NC(=O)C[NH+]1CCN(c2ncccn2)CC1)c1ccccc1Br. The fraction of sp³-hybridized carbons (Fsp3) is 0.389. The number of carbonyl (C=O) groups is 1. The first-order valence-corrected chi connectivity index (χ1v) is 9.32. The summed E-state index contributed by atoms with van der Waals surface area (Å²) in [5.41, 5.74) is 1.09. The minimum absolute atomic E-state index is 0.0125. The number of carbonyl (C=O) groups excluding carboxylic acids is 1. The van der Waals surface area contributed by atoms with E-state index in [-0.39, 0.29) is 11.9 Å². The lowest BCUT2D eigenvalue weighted by Crippen LogP contribution is -3.16. The third kappa shape index (κ3) is 4.76. The summed E-state index contributed by atoms with van der Waals surface area (Å²) in [5.74, 6) is 0.858. The third-order valence-corrected chi connectivity index (χ3v) is 5.19. The molecular weight excluding hydrogens is 382 g/mol. The number of piperazine rings is 1. The van der Waals surface area contributed by atoms with E-state index in [1.807, 2.05) is 37.3 Å². The standard InChI is InChI=1S/C18H22BrN5O/c1-14(15-5-2-3-6-16(15)19)22-17(25)13-23-9-11-24(12-10-23)18-20-7-4-8-21-18/h2-8,14H,9-13H2,1H3,(H,22,25)/p+1/t14-/m0/s1. The van der Waals surface area contributed by atoms with Crippen LogP contribution in [-0.4, -0.2) is 48.6 Å². The number of hydrogen-bond acceptors (Lipinski definition) is 4. The smallest absolute Gasteiger partial charge is 0.275 e. The van der Waals surface area contributed by atoms with E-state index in [2.05, 4.69) is 36.1 Å². The molecule has 1 aliphatic heterocycles. The molecule has 2 aromatic rings. The molecule has 3 rings (SSSR count). The first kappa shape index (κ1) is 17.8. The molecule has 0 bridgehead atoms. The summed E-state index contributed by atoms with van der Waals surface area (Å²) in [6.45, 7) is 6.07. The Morgan fingerprint density at radius 1 is 1.24 bits per heavy atom. The van der Waals surface area contributed by atoms with Crippen molar-refractivity contribution in [3.05, 3.63) is 52.8 Å². The van der Waals surface area contributed by atoms with Crippen LogP contribution in [0.4, 0.5) is 5.95 Å². The Balaban J connectivity index is 1.47. The summed E-state index contributed by atoms with van der Waals surface area (Å²) in [6.07, 6.45) is 3.52. The van der Waals surface area contributed by atoms with Crippen molar-refractivity contribution in [3.63, 3.8) is 0 Å². The number of halogens is 1. The summed E-state index contributed by atoms with van der Waals surface area (Å²) < 4.78 is 1.02. The van der Waals surface area contributed by atoms with Gasteiger partial charge in [0.15, 0.2) is 6.54 Å². The monoisotopic (exact) mass is 404 g/mol. The maximum absolute atomic E-state index is 12.4. The molecule has 0 aliphatic carbocycles. The van der Waals surface area contributed by atoms with Crippen molar-refractivity contribution in [2.75, 3.05) is 37.6 Å². The zero-order chi connectivity index (χ0) is 17.6. The van der Waals surface area contributed by atoms with Gasteiger partial charge in [0.25, 0.3) is 5.91 Å². The van der Waals surface area contributed by atoms with Gasteiger partial charge in [-0.2, -0.15) is 0 Å². The molecule has 25 heavy (non-hydrogen) atoms. The van der Waals surface area contributed by atoms with Gasteiger partial charge in [0.05, 0.1) is 32.2 Å². The first-order chi connectivity index (χ1) is 12.1. The van der Waals surface area contributed by atoms with Crippen molar-refractivity contribution in [2.24, 2.45) is 0 Å². The Morgan fingerprint density at radius 2 is 1.92 bits per heavy atom. The number of aromatic nitrogens is 2. The Hall–Kier alpha value is -1.99. The fourth-order valence-electron chi connectivity index (χ4n) is 3.08. The van der Waals surface area contributed by atoms with Gasteiger partial charge in [-0.3, -0.25) is 4.79 Å². The van der Waals surface area contributed by atoms with Gasteiger partial charge in [0.1, 0.15) is 0 Å². The molecule has 7 heteroatoms. The summed E-state index contributed by atoms with van der Waals surface area (Å²) >= 11 is 3.54. The van der Waals surface area contributed by atoms with E-state index in [9.17, 15) is 4.79 Å². The molecule has 1 aromatic carbocycles. The van der Waals surface area contributed by atoms with Crippen molar-refractivity contribution in [2.45, 2.75) is 13.0 Å². The van der Waals surface area contributed by atoms with E-state index in [4.69, 9.17) is 0 Å². The second-order valence-corrected chi connectivity index (χ2v) is 7.13. The van der Waals surface area contributed by atoms with Gasteiger partial charge in [-0.15, -0.1) is 0 Å². The highest BCUT2D eigenvalue weighted by molar-refractivity contribution is 9.10. The molecule has 1 aromatic heterocycles. The van der Waals surface area contributed by atoms with E-state index >= 15 is 0 Å². The number of anilines is 1. The minimum atomic E-state index is -0.0125. The predicted octanol–water partition coefficient (Wildman–Crippen LogP) is 0.821. The molecule has 0 unspecified atom stereocenters. The van der Waals surface area contributed by atoms with Gasteiger partial charge >= 0.3 is 0 Å². The quantitative estimate of drug-likeness (QED) is 0.774. The van der Waals surface area contributed by atoms with Crippen LogP contribution in [0, 0.1) is 0 Å². The molecule has 1 atom stereocenters.